The number of rotatable bonds is 8. The molecule has 5 nitrogen and oxygen atoms in total. The first-order valence-electron chi connectivity index (χ1n) is 5.98. The normalized spacial score (nSPS) is 12.2. The number of halogens is 1. The van der Waals surface area contributed by atoms with Gasteiger partial charge < -0.3 is 20.5 Å². The lowest BCUT2D eigenvalue weighted by molar-refractivity contribution is -0.124. The van der Waals surface area contributed by atoms with Crippen LogP contribution in [0, 0.1) is 0 Å². The lowest BCUT2D eigenvalue weighted by Gasteiger charge is -2.16. The van der Waals surface area contributed by atoms with Gasteiger partial charge in [-0.2, -0.15) is 0 Å². The van der Waals surface area contributed by atoms with Gasteiger partial charge in [-0.25, -0.2) is 0 Å². The number of methoxy groups -OCH3 is 1. The summed E-state index contributed by atoms with van der Waals surface area (Å²) in [5.74, 6) is 0.167. The molecule has 0 aliphatic rings. The third-order valence-corrected chi connectivity index (χ3v) is 3.02. The molecule has 1 amide bonds. The quantitative estimate of drug-likeness (QED) is 0.707. The highest BCUT2D eigenvalue weighted by atomic mass is 79.9. The van der Waals surface area contributed by atoms with Gasteiger partial charge in [0, 0.05) is 30.2 Å². The third kappa shape index (κ3) is 5.59. The fourth-order valence-corrected chi connectivity index (χ4v) is 1.86. The van der Waals surface area contributed by atoms with Crippen LogP contribution in [0.5, 0.6) is 5.75 Å². The molecule has 19 heavy (non-hydrogen) atoms. The van der Waals surface area contributed by atoms with Crippen molar-refractivity contribution in [3.8, 4) is 5.75 Å². The molecule has 0 fully saturated rings. The van der Waals surface area contributed by atoms with Crippen LogP contribution in [0.4, 0.5) is 0 Å². The third-order valence-electron chi connectivity index (χ3n) is 2.53. The molecule has 106 valence electrons. The Hall–Kier alpha value is -1.11. The van der Waals surface area contributed by atoms with E-state index < -0.39 is 12.0 Å². The first-order valence-corrected chi connectivity index (χ1v) is 6.78. The van der Waals surface area contributed by atoms with Crippen LogP contribution < -0.4 is 15.8 Å². The molecule has 1 aromatic carbocycles. The van der Waals surface area contributed by atoms with Gasteiger partial charge in [0.25, 0.3) is 5.91 Å². The van der Waals surface area contributed by atoms with Crippen LogP contribution in [0.15, 0.2) is 22.7 Å². The molecular formula is C13H19BrN2O3. The Morgan fingerprint density at radius 2 is 2.26 bits per heavy atom. The predicted molar refractivity (Wildman–Crippen MR) is 77.0 cm³/mol. The van der Waals surface area contributed by atoms with E-state index in [0.717, 1.165) is 16.6 Å². The van der Waals surface area contributed by atoms with Gasteiger partial charge in [-0.1, -0.05) is 15.9 Å². The minimum Gasteiger partial charge on any atom is -0.481 e. The molecule has 0 aliphatic carbocycles. The number of nitrogens with two attached hydrogens (primary N) is 1. The van der Waals surface area contributed by atoms with E-state index in [9.17, 15) is 4.79 Å². The molecule has 0 saturated carbocycles. The summed E-state index contributed by atoms with van der Waals surface area (Å²) < 4.78 is 11.5. The molecule has 1 atom stereocenters. The molecule has 1 rings (SSSR count). The minimum absolute atomic E-state index is 0.485. The number of nitrogens with one attached hydrogen (secondary N) is 1. The van der Waals surface area contributed by atoms with Crippen molar-refractivity contribution in [1.82, 2.24) is 5.32 Å². The van der Waals surface area contributed by atoms with Crippen LogP contribution in [-0.4, -0.2) is 32.3 Å². The summed E-state index contributed by atoms with van der Waals surface area (Å²) in [5.41, 5.74) is 6.16. The van der Waals surface area contributed by atoms with Crippen molar-refractivity contribution < 1.29 is 14.3 Å². The molecule has 0 spiro atoms. The summed E-state index contributed by atoms with van der Waals surface area (Å²) in [6.45, 7) is 3.64. The van der Waals surface area contributed by atoms with Crippen LogP contribution >= 0.6 is 15.9 Å². The summed E-state index contributed by atoms with van der Waals surface area (Å²) in [4.78, 5) is 11.0. The molecule has 6 heteroatoms. The molecule has 0 radical (unpaired) electrons. The van der Waals surface area contributed by atoms with Crippen molar-refractivity contribution in [2.75, 3.05) is 20.3 Å². The maximum absolute atomic E-state index is 11.0. The average Bonchev–Trinajstić information content (AvgIpc) is 2.37. The zero-order valence-electron chi connectivity index (χ0n) is 11.1. The standard InChI is InChI=1S/C13H19BrN2O3/c1-9(13(15)17)19-12-4-3-11(14)7-10(12)8-16-5-6-18-2/h3-4,7,9,16H,5-6,8H2,1-2H3,(H2,15,17). The van der Waals surface area contributed by atoms with Gasteiger partial charge in [-0.3, -0.25) is 4.79 Å². The number of carbonyl (C=O) groups excluding carboxylic acids is 1. The van der Waals surface area contributed by atoms with E-state index >= 15 is 0 Å². The Morgan fingerprint density at radius 3 is 2.89 bits per heavy atom. The number of primary amides is 1. The van der Waals surface area contributed by atoms with Gasteiger partial charge in [-0.05, 0) is 25.1 Å². The van der Waals surface area contributed by atoms with Crippen LogP contribution in [0.25, 0.3) is 0 Å². The van der Waals surface area contributed by atoms with E-state index in [4.69, 9.17) is 15.2 Å². The first-order chi connectivity index (χ1) is 9.04. The molecule has 0 heterocycles. The smallest absolute Gasteiger partial charge is 0.258 e. The SMILES string of the molecule is COCCNCc1cc(Br)ccc1OC(C)C(N)=O. The predicted octanol–water partition coefficient (Wildman–Crippen LogP) is 1.44. The number of benzene rings is 1. The zero-order chi connectivity index (χ0) is 14.3. The van der Waals surface area contributed by atoms with Crippen molar-refractivity contribution >= 4 is 21.8 Å². The van der Waals surface area contributed by atoms with Crippen molar-refractivity contribution in [1.29, 1.82) is 0 Å². The lowest BCUT2D eigenvalue weighted by atomic mass is 10.2. The van der Waals surface area contributed by atoms with E-state index in [1.54, 1.807) is 14.0 Å². The van der Waals surface area contributed by atoms with Crippen LogP contribution in [0.2, 0.25) is 0 Å². The maximum atomic E-state index is 11.0. The van der Waals surface area contributed by atoms with Crippen molar-refractivity contribution in [2.45, 2.75) is 19.6 Å². The number of hydrogen-bond acceptors (Lipinski definition) is 4. The highest BCUT2D eigenvalue weighted by Crippen LogP contribution is 2.24. The molecule has 1 unspecified atom stereocenters. The Kier molecular flexibility index (Phi) is 6.83. The lowest BCUT2D eigenvalue weighted by Crippen LogP contribution is -2.31. The Bertz CT molecular complexity index is 426. The minimum atomic E-state index is -0.654. The second-order valence-electron chi connectivity index (χ2n) is 4.08. The highest BCUT2D eigenvalue weighted by Gasteiger charge is 2.13. The summed E-state index contributed by atoms with van der Waals surface area (Å²) in [6, 6.07) is 5.63. The second kappa shape index (κ2) is 8.14. The van der Waals surface area contributed by atoms with Crippen LogP contribution in [0.1, 0.15) is 12.5 Å². The largest absolute Gasteiger partial charge is 0.481 e. The van der Waals surface area contributed by atoms with E-state index in [1.807, 2.05) is 18.2 Å². The summed E-state index contributed by atoms with van der Waals surface area (Å²) in [7, 11) is 1.66. The maximum Gasteiger partial charge on any atom is 0.258 e. The Morgan fingerprint density at radius 1 is 1.53 bits per heavy atom. The second-order valence-corrected chi connectivity index (χ2v) is 5.00. The van der Waals surface area contributed by atoms with Gasteiger partial charge in [-0.15, -0.1) is 0 Å². The molecule has 0 aliphatic heterocycles. The Balaban J connectivity index is 2.71. The van der Waals surface area contributed by atoms with E-state index in [-0.39, 0.29) is 0 Å². The zero-order valence-corrected chi connectivity index (χ0v) is 12.7. The summed E-state index contributed by atoms with van der Waals surface area (Å²) >= 11 is 3.41. The fourth-order valence-electron chi connectivity index (χ4n) is 1.45. The first kappa shape index (κ1) is 15.9. The number of ether oxygens (including phenoxy) is 2. The number of hydrogen-bond donors (Lipinski definition) is 2. The van der Waals surface area contributed by atoms with Crippen LogP contribution in [0.3, 0.4) is 0 Å². The van der Waals surface area contributed by atoms with Gasteiger partial charge in [0.05, 0.1) is 6.61 Å². The van der Waals surface area contributed by atoms with E-state index in [0.29, 0.717) is 18.9 Å². The van der Waals surface area contributed by atoms with Gasteiger partial charge in [0.1, 0.15) is 5.75 Å². The van der Waals surface area contributed by atoms with Crippen molar-refractivity contribution in [2.24, 2.45) is 5.73 Å². The van der Waals surface area contributed by atoms with E-state index in [2.05, 4.69) is 21.2 Å². The monoisotopic (exact) mass is 330 g/mol. The topological polar surface area (TPSA) is 73.6 Å². The summed E-state index contributed by atoms with van der Waals surface area (Å²) in [6.07, 6.45) is -0.654. The Labute approximate surface area is 121 Å². The van der Waals surface area contributed by atoms with Crippen LogP contribution in [-0.2, 0) is 16.1 Å². The molecule has 0 aromatic heterocycles. The van der Waals surface area contributed by atoms with Gasteiger partial charge >= 0.3 is 0 Å². The molecule has 0 saturated heterocycles. The molecule has 0 bridgehead atoms. The molecule has 1 aromatic rings. The molecular weight excluding hydrogens is 312 g/mol. The van der Waals surface area contributed by atoms with Crippen molar-refractivity contribution in [3.05, 3.63) is 28.2 Å². The molecule has 3 N–H and O–H groups in total. The van der Waals surface area contributed by atoms with E-state index in [1.165, 1.54) is 0 Å². The number of carbonyl (C=O) groups is 1. The van der Waals surface area contributed by atoms with Gasteiger partial charge in [0.2, 0.25) is 0 Å². The number of amides is 1. The fraction of sp³-hybridized carbons (Fsp3) is 0.462. The summed E-state index contributed by atoms with van der Waals surface area (Å²) in [5, 5.41) is 3.23. The van der Waals surface area contributed by atoms with Gasteiger partial charge in [0.15, 0.2) is 6.10 Å². The highest BCUT2D eigenvalue weighted by molar-refractivity contribution is 9.10. The average molecular weight is 331 g/mol. The van der Waals surface area contributed by atoms with Crippen molar-refractivity contribution in [3.63, 3.8) is 0 Å².